The number of fused-ring (bicyclic) bond motifs is 1. The van der Waals surface area contributed by atoms with Crippen LogP contribution in [0.4, 0.5) is 0 Å². The third-order valence-corrected chi connectivity index (χ3v) is 6.03. The Labute approximate surface area is 145 Å². The van der Waals surface area contributed by atoms with E-state index in [1.54, 1.807) is 11.3 Å². The van der Waals surface area contributed by atoms with Gasteiger partial charge >= 0.3 is 0 Å². The lowest BCUT2D eigenvalue weighted by molar-refractivity contribution is 0.0760. The van der Waals surface area contributed by atoms with Crippen LogP contribution in [0.25, 0.3) is 4.96 Å². The van der Waals surface area contributed by atoms with Gasteiger partial charge in [0, 0.05) is 37.3 Å². The van der Waals surface area contributed by atoms with E-state index in [0.29, 0.717) is 12.2 Å². The van der Waals surface area contributed by atoms with Crippen LogP contribution in [-0.2, 0) is 6.54 Å². The Hall–Kier alpha value is -1.44. The van der Waals surface area contributed by atoms with Crippen LogP contribution in [0.1, 0.15) is 48.3 Å². The smallest absolute Gasteiger partial charge is 0.274 e. The summed E-state index contributed by atoms with van der Waals surface area (Å²) in [7, 11) is 0. The molecule has 24 heavy (non-hydrogen) atoms. The van der Waals surface area contributed by atoms with Crippen LogP contribution in [-0.4, -0.2) is 62.5 Å². The molecule has 2 aromatic rings. The van der Waals surface area contributed by atoms with E-state index >= 15 is 0 Å². The molecule has 0 radical (unpaired) electrons. The highest BCUT2D eigenvalue weighted by Gasteiger charge is 2.29. The van der Waals surface area contributed by atoms with Crippen molar-refractivity contribution in [2.24, 2.45) is 0 Å². The average molecular weight is 348 g/mol. The first-order chi connectivity index (χ1) is 11.8. The van der Waals surface area contributed by atoms with Crippen LogP contribution >= 0.6 is 11.3 Å². The molecule has 0 bridgehead atoms. The van der Waals surface area contributed by atoms with Crippen LogP contribution in [0.3, 0.4) is 0 Å². The number of hydrogen-bond donors (Lipinski definition) is 1. The molecule has 130 valence electrons. The summed E-state index contributed by atoms with van der Waals surface area (Å²) in [6.45, 7) is 3.51. The molecule has 7 heteroatoms. The maximum atomic E-state index is 12.9. The van der Waals surface area contributed by atoms with Crippen LogP contribution in [0.5, 0.6) is 0 Å². The van der Waals surface area contributed by atoms with E-state index < -0.39 is 0 Å². The first-order valence-corrected chi connectivity index (χ1v) is 9.74. The maximum Gasteiger partial charge on any atom is 0.274 e. The minimum atomic E-state index is 0.0657. The standard InChI is InChI=1S/C17H24N4O2S/c22-12-13-5-1-2-8-20(13)11-14-15(16(23)19-6-3-4-7-19)18-17-21(14)9-10-24-17/h9-10,13,22H,1-8,11-12H2. The largest absolute Gasteiger partial charge is 0.395 e. The summed E-state index contributed by atoms with van der Waals surface area (Å²) in [6, 6.07) is 0.192. The first kappa shape index (κ1) is 16.1. The third-order valence-electron chi connectivity index (χ3n) is 5.27. The topological polar surface area (TPSA) is 61.1 Å². The van der Waals surface area contributed by atoms with Gasteiger partial charge in [-0.2, -0.15) is 0 Å². The SMILES string of the molecule is O=C(c1nc2sccn2c1CN1CCCCC1CO)N1CCCC1. The number of imidazole rings is 1. The zero-order chi connectivity index (χ0) is 16.5. The molecule has 1 unspecified atom stereocenters. The minimum Gasteiger partial charge on any atom is -0.395 e. The van der Waals surface area contributed by atoms with E-state index in [2.05, 4.69) is 14.3 Å². The summed E-state index contributed by atoms with van der Waals surface area (Å²) in [5, 5.41) is 11.7. The van der Waals surface area contributed by atoms with Crippen molar-refractivity contribution in [3.8, 4) is 0 Å². The number of carbonyl (C=O) groups is 1. The van der Waals surface area contributed by atoms with E-state index in [1.807, 2.05) is 16.5 Å². The van der Waals surface area contributed by atoms with Crippen molar-refractivity contribution in [2.45, 2.75) is 44.7 Å². The lowest BCUT2D eigenvalue weighted by atomic mass is 10.0. The van der Waals surface area contributed by atoms with Crippen molar-refractivity contribution in [1.29, 1.82) is 0 Å². The number of likely N-dealkylation sites (tertiary alicyclic amines) is 2. The summed E-state index contributed by atoms with van der Waals surface area (Å²) in [5.74, 6) is 0.0657. The van der Waals surface area contributed by atoms with Gasteiger partial charge in [0.1, 0.15) is 0 Å². The maximum absolute atomic E-state index is 12.9. The predicted octanol–water partition coefficient (Wildman–Crippen LogP) is 1.98. The summed E-state index contributed by atoms with van der Waals surface area (Å²) >= 11 is 1.56. The second-order valence-corrected chi connectivity index (χ2v) is 7.64. The lowest BCUT2D eigenvalue weighted by Gasteiger charge is -2.34. The molecule has 2 fully saturated rings. The van der Waals surface area contributed by atoms with Crippen LogP contribution in [0, 0.1) is 0 Å². The number of rotatable bonds is 4. The minimum absolute atomic E-state index is 0.0657. The summed E-state index contributed by atoms with van der Waals surface area (Å²) < 4.78 is 2.05. The van der Waals surface area contributed by atoms with Crippen LogP contribution < -0.4 is 0 Å². The average Bonchev–Trinajstić information content (AvgIpc) is 3.33. The fourth-order valence-electron chi connectivity index (χ4n) is 3.89. The highest BCUT2D eigenvalue weighted by atomic mass is 32.1. The number of amides is 1. The Morgan fingerprint density at radius 3 is 2.83 bits per heavy atom. The number of nitrogens with zero attached hydrogens (tertiary/aromatic N) is 4. The van der Waals surface area contributed by atoms with Crippen molar-refractivity contribution in [3.05, 3.63) is 23.0 Å². The Kier molecular flexibility index (Phi) is 4.56. The van der Waals surface area contributed by atoms with Crippen LogP contribution in [0.2, 0.25) is 0 Å². The highest BCUT2D eigenvalue weighted by molar-refractivity contribution is 7.15. The Balaban J connectivity index is 1.66. The molecule has 4 rings (SSSR count). The predicted molar refractivity (Wildman–Crippen MR) is 93.3 cm³/mol. The van der Waals surface area contributed by atoms with E-state index in [9.17, 15) is 9.90 Å². The fourth-order valence-corrected chi connectivity index (χ4v) is 4.63. The number of aliphatic hydroxyl groups is 1. The lowest BCUT2D eigenvalue weighted by Crippen LogP contribution is -2.42. The van der Waals surface area contributed by atoms with Gasteiger partial charge in [-0.05, 0) is 32.2 Å². The molecular formula is C17H24N4O2S. The molecule has 2 saturated heterocycles. The van der Waals surface area contributed by atoms with Crippen molar-refractivity contribution in [3.63, 3.8) is 0 Å². The molecule has 6 nitrogen and oxygen atoms in total. The van der Waals surface area contributed by atoms with Crippen molar-refractivity contribution in [2.75, 3.05) is 26.2 Å². The van der Waals surface area contributed by atoms with Gasteiger partial charge in [0.15, 0.2) is 10.7 Å². The molecule has 1 atom stereocenters. The quantitative estimate of drug-likeness (QED) is 0.918. The van der Waals surface area contributed by atoms with Gasteiger partial charge in [-0.1, -0.05) is 6.42 Å². The Bertz CT molecular complexity index is 719. The van der Waals surface area contributed by atoms with Gasteiger partial charge in [0.05, 0.1) is 12.3 Å². The van der Waals surface area contributed by atoms with Gasteiger partial charge in [-0.3, -0.25) is 14.1 Å². The van der Waals surface area contributed by atoms with Crippen molar-refractivity contribution < 1.29 is 9.90 Å². The summed E-state index contributed by atoms with van der Waals surface area (Å²) in [4.78, 5) is 22.7. The van der Waals surface area contributed by atoms with Crippen molar-refractivity contribution in [1.82, 2.24) is 19.2 Å². The summed E-state index contributed by atoms with van der Waals surface area (Å²) in [5.41, 5.74) is 1.58. The molecule has 0 aliphatic carbocycles. The molecule has 2 aromatic heterocycles. The van der Waals surface area contributed by atoms with E-state index in [0.717, 1.165) is 56.0 Å². The molecule has 1 amide bonds. The van der Waals surface area contributed by atoms with E-state index in [4.69, 9.17) is 0 Å². The highest BCUT2D eigenvalue weighted by Crippen LogP contribution is 2.25. The second kappa shape index (κ2) is 6.82. The molecule has 2 aliphatic heterocycles. The monoisotopic (exact) mass is 348 g/mol. The van der Waals surface area contributed by atoms with Crippen LogP contribution in [0.15, 0.2) is 11.6 Å². The van der Waals surface area contributed by atoms with Gasteiger partial charge in [0.25, 0.3) is 5.91 Å². The normalized spacial score (nSPS) is 22.5. The molecule has 0 aromatic carbocycles. The number of thiazole rings is 1. The first-order valence-electron chi connectivity index (χ1n) is 8.86. The summed E-state index contributed by atoms with van der Waals surface area (Å²) in [6.07, 6.45) is 7.52. The fraction of sp³-hybridized carbons (Fsp3) is 0.647. The van der Waals surface area contributed by atoms with Gasteiger partial charge in [0.2, 0.25) is 0 Å². The molecule has 0 spiro atoms. The molecule has 4 heterocycles. The number of hydrogen-bond acceptors (Lipinski definition) is 5. The van der Waals surface area contributed by atoms with Gasteiger partial charge < -0.3 is 10.0 Å². The second-order valence-electron chi connectivity index (χ2n) is 6.76. The third kappa shape index (κ3) is 2.85. The molecule has 1 N–H and O–H groups in total. The zero-order valence-electron chi connectivity index (χ0n) is 13.9. The Morgan fingerprint density at radius 2 is 2.04 bits per heavy atom. The number of aliphatic hydroxyl groups excluding tert-OH is 1. The van der Waals surface area contributed by atoms with E-state index in [1.165, 1.54) is 6.42 Å². The molecule has 2 aliphatic rings. The number of carbonyl (C=O) groups excluding carboxylic acids is 1. The van der Waals surface area contributed by atoms with E-state index in [-0.39, 0.29) is 18.6 Å². The van der Waals surface area contributed by atoms with Gasteiger partial charge in [-0.25, -0.2) is 4.98 Å². The van der Waals surface area contributed by atoms with Gasteiger partial charge in [-0.15, -0.1) is 11.3 Å². The number of piperidine rings is 1. The molecular weight excluding hydrogens is 324 g/mol. The zero-order valence-corrected chi connectivity index (χ0v) is 14.7. The Morgan fingerprint density at radius 1 is 1.25 bits per heavy atom. The van der Waals surface area contributed by atoms with Crippen molar-refractivity contribution >= 4 is 22.2 Å². The number of aromatic nitrogens is 2. The molecule has 0 saturated carbocycles.